The third-order valence-corrected chi connectivity index (χ3v) is 2.31. The zero-order valence-corrected chi connectivity index (χ0v) is 15.5. The van der Waals surface area contributed by atoms with Crippen LogP contribution in [0.25, 0.3) is 0 Å². The van der Waals surface area contributed by atoms with E-state index in [2.05, 4.69) is 50.2 Å². The Morgan fingerprint density at radius 3 is 2.32 bits per heavy atom. The van der Waals surface area contributed by atoms with Crippen LogP contribution in [0.3, 0.4) is 0 Å². The summed E-state index contributed by atoms with van der Waals surface area (Å²) < 4.78 is 5.52. The minimum atomic E-state index is 0. The first-order chi connectivity index (χ1) is 8.56. The van der Waals surface area contributed by atoms with Crippen LogP contribution in [-0.2, 0) is 4.74 Å². The number of aliphatic imine (C=N–C) groups is 1. The number of nitrogens with one attached hydrogen (secondary N) is 2. The molecule has 0 aliphatic rings. The number of hydrogen-bond donors (Lipinski definition) is 2. The minimum Gasteiger partial charge on any atom is -0.379 e. The molecule has 0 heterocycles. The van der Waals surface area contributed by atoms with E-state index in [0.717, 1.165) is 45.2 Å². The monoisotopic (exact) mass is 385 g/mol. The fourth-order valence-corrected chi connectivity index (χ4v) is 1.34. The maximum absolute atomic E-state index is 5.52. The van der Waals surface area contributed by atoms with Gasteiger partial charge >= 0.3 is 0 Å². The zero-order valence-electron chi connectivity index (χ0n) is 13.2. The van der Waals surface area contributed by atoms with Crippen LogP contribution < -0.4 is 10.6 Å². The summed E-state index contributed by atoms with van der Waals surface area (Å²) >= 11 is 0. The summed E-state index contributed by atoms with van der Waals surface area (Å²) in [5.41, 5.74) is 0. The first kappa shape index (κ1) is 21.3. The molecule has 0 saturated carbocycles. The lowest BCUT2D eigenvalue weighted by Crippen LogP contribution is -2.39. The summed E-state index contributed by atoms with van der Waals surface area (Å²) in [5.74, 6) is 2.19. The number of halogens is 1. The van der Waals surface area contributed by atoms with Crippen molar-refractivity contribution in [2.75, 3.05) is 32.8 Å². The van der Waals surface area contributed by atoms with Crippen molar-refractivity contribution in [1.82, 2.24) is 10.6 Å². The molecule has 0 fully saturated rings. The first-order valence-electron chi connectivity index (χ1n) is 7.16. The molecule has 0 aromatic heterocycles. The van der Waals surface area contributed by atoms with Crippen LogP contribution in [0.2, 0.25) is 0 Å². The van der Waals surface area contributed by atoms with E-state index in [9.17, 15) is 0 Å². The molecule has 0 aromatic rings. The van der Waals surface area contributed by atoms with Gasteiger partial charge in [-0.1, -0.05) is 27.7 Å². The van der Waals surface area contributed by atoms with Crippen LogP contribution >= 0.6 is 24.0 Å². The molecule has 0 amide bonds. The molecule has 5 heteroatoms. The molecular formula is C14H32IN3O. The van der Waals surface area contributed by atoms with Gasteiger partial charge in [-0.2, -0.15) is 0 Å². The van der Waals surface area contributed by atoms with Gasteiger partial charge in [-0.15, -0.1) is 24.0 Å². The number of nitrogens with zero attached hydrogens (tertiary/aromatic N) is 1. The second-order valence-electron chi connectivity index (χ2n) is 5.34. The average molecular weight is 385 g/mol. The van der Waals surface area contributed by atoms with Crippen molar-refractivity contribution in [1.29, 1.82) is 0 Å². The lowest BCUT2D eigenvalue weighted by molar-refractivity contribution is 0.114. The van der Waals surface area contributed by atoms with E-state index >= 15 is 0 Å². The Balaban J connectivity index is 0. The van der Waals surface area contributed by atoms with Crippen molar-refractivity contribution in [2.45, 2.75) is 41.0 Å². The van der Waals surface area contributed by atoms with Gasteiger partial charge in [0.25, 0.3) is 0 Å². The number of ether oxygens (including phenoxy) is 1. The quantitative estimate of drug-likeness (QED) is 0.278. The van der Waals surface area contributed by atoms with Gasteiger partial charge in [0.05, 0.1) is 6.61 Å². The summed E-state index contributed by atoms with van der Waals surface area (Å²) in [6, 6.07) is 0. The van der Waals surface area contributed by atoms with Crippen LogP contribution in [0.1, 0.15) is 41.0 Å². The summed E-state index contributed by atoms with van der Waals surface area (Å²) in [6.45, 7) is 15.0. The van der Waals surface area contributed by atoms with Gasteiger partial charge < -0.3 is 15.4 Å². The highest BCUT2D eigenvalue weighted by Gasteiger charge is 1.98. The highest BCUT2D eigenvalue weighted by Crippen LogP contribution is 1.98. The van der Waals surface area contributed by atoms with Gasteiger partial charge in [-0.05, 0) is 25.2 Å². The number of guanidine groups is 1. The van der Waals surface area contributed by atoms with Crippen molar-refractivity contribution < 1.29 is 4.74 Å². The van der Waals surface area contributed by atoms with Gasteiger partial charge in [0, 0.05) is 26.2 Å². The molecule has 0 bridgehead atoms. The molecule has 0 aliphatic carbocycles. The Bertz CT molecular complexity index is 221. The molecule has 4 nitrogen and oxygen atoms in total. The second-order valence-corrected chi connectivity index (χ2v) is 5.34. The van der Waals surface area contributed by atoms with Crippen LogP contribution in [0.15, 0.2) is 4.99 Å². The predicted octanol–water partition coefficient (Wildman–Crippen LogP) is 2.88. The van der Waals surface area contributed by atoms with Crippen molar-refractivity contribution in [3.8, 4) is 0 Å². The molecule has 0 radical (unpaired) electrons. The van der Waals surface area contributed by atoms with Gasteiger partial charge in [0.15, 0.2) is 5.96 Å². The molecule has 0 aliphatic heterocycles. The van der Waals surface area contributed by atoms with Crippen molar-refractivity contribution in [3.63, 3.8) is 0 Å². The van der Waals surface area contributed by atoms with Crippen LogP contribution in [0.4, 0.5) is 0 Å². The van der Waals surface area contributed by atoms with E-state index in [1.807, 2.05) is 0 Å². The molecule has 0 aromatic carbocycles. The fourth-order valence-electron chi connectivity index (χ4n) is 1.34. The normalized spacial score (nSPS) is 11.6. The van der Waals surface area contributed by atoms with Crippen molar-refractivity contribution in [2.24, 2.45) is 16.8 Å². The molecule has 116 valence electrons. The Morgan fingerprint density at radius 2 is 1.79 bits per heavy atom. The van der Waals surface area contributed by atoms with Crippen LogP contribution in [0, 0.1) is 11.8 Å². The van der Waals surface area contributed by atoms with Crippen molar-refractivity contribution in [3.05, 3.63) is 0 Å². The average Bonchev–Trinajstić information content (AvgIpc) is 2.27. The summed E-state index contributed by atoms with van der Waals surface area (Å²) in [5, 5.41) is 6.52. The van der Waals surface area contributed by atoms with Crippen molar-refractivity contribution >= 4 is 29.9 Å². The third-order valence-electron chi connectivity index (χ3n) is 2.31. The molecule has 0 unspecified atom stereocenters. The Morgan fingerprint density at radius 1 is 1.11 bits per heavy atom. The summed E-state index contributed by atoms with van der Waals surface area (Å²) in [4.78, 5) is 4.53. The van der Waals surface area contributed by atoms with Gasteiger partial charge in [-0.3, -0.25) is 4.99 Å². The molecule has 0 spiro atoms. The first-order valence-corrected chi connectivity index (χ1v) is 7.16. The smallest absolute Gasteiger partial charge is 0.191 e. The Labute approximate surface area is 136 Å². The Hall–Kier alpha value is -0.0400. The summed E-state index contributed by atoms with van der Waals surface area (Å²) in [6.07, 6.45) is 1.13. The largest absolute Gasteiger partial charge is 0.379 e. The summed E-state index contributed by atoms with van der Waals surface area (Å²) in [7, 11) is 0. The Kier molecular flexibility index (Phi) is 16.1. The van der Waals surface area contributed by atoms with E-state index in [1.54, 1.807) is 0 Å². The highest BCUT2D eigenvalue weighted by molar-refractivity contribution is 14.0. The lowest BCUT2D eigenvalue weighted by Gasteiger charge is -2.12. The SMILES string of the molecule is CCNC(=NCCC(C)C)NCCOCC(C)C.I. The topological polar surface area (TPSA) is 45.7 Å². The molecule has 0 saturated heterocycles. The molecule has 2 N–H and O–H groups in total. The van der Waals surface area contributed by atoms with E-state index in [0.29, 0.717) is 11.8 Å². The van der Waals surface area contributed by atoms with Crippen LogP contribution in [-0.4, -0.2) is 38.8 Å². The van der Waals surface area contributed by atoms with Crippen LogP contribution in [0.5, 0.6) is 0 Å². The van der Waals surface area contributed by atoms with Gasteiger partial charge in [0.1, 0.15) is 0 Å². The zero-order chi connectivity index (χ0) is 13.8. The fraction of sp³-hybridized carbons (Fsp3) is 0.929. The molecule has 0 atom stereocenters. The minimum absolute atomic E-state index is 0. The molecule has 19 heavy (non-hydrogen) atoms. The van der Waals surface area contributed by atoms with E-state index < -0.39 is 0 Å². The standard InChI is InChI=1S/C14H31N3O.HI/c1-6-15-14(16-8-7-12(2)3)17-9-10-18-11-13(4)5;/h12-13H,6-11H2,1-5H3,(H2,15,16,17);1H. The van der Waals surface area contributed by atoms with E-state index in [-0.39, 0.29) is 24.0 Å². The van der Waals surface area contributed by atoms with E-state index in [4.69, 9.17) is 4.74 Å². The lowest BCUT2D eigenvalue weighted by atomic mass is 10.1. The highest BCUT2D eigenvalue weighted by atomic mass is 127. The van der Waals surface area contributed by atoms with E-state index in [1.165, 1.54) is 0 Å². The van der Waals surface area contributed by atoms with Gasteiger partial charge in [-0.25, -0.2) is 0 Å². The maximum Gasteiger partial charge on any atom is 0.191 e. The number of rotatable bonds is 9. The number of hydrogen-bond acceptors (Lipinski definition) is 2. The maximum atomic E-state index is 5.52. The second kappa shape index (κ2) is 14.4. The van der Waals surface area contributed by atoms with Gasteiger partial charge in [0.2, 0.25) is 0 Å². The predicted molar refractivity (Wildman–Crippen MR) is 94.5 cm³/mol. The molecule has 0 rings (SSSR count). The third kappa shape index (κ3) is 15.9. The molecular weight excluding hydrogens is 353 g/mol.